The van der Waals surface area contributed by atoms with Crippen LogP contribution in [-0.4, -0.2) is 46.5 Å². The zero-order chi connectivity index (χ0) is 20.3. The van der Waals surface area contributed by atoms with Crippen molar-refractivity contribution in [2.24, 2.45) is 0 Å². The molecule has 0 spiro atoms. The summed E-state index contributed by atoms with van der Waals surface area (Å²) in [6.07, 6.45) is 0. The number of likely N-dealkylation sites (N-methyl/N-ethyl adjacent to an activating group) is 1. The highest BCUT2D eigenvalue weighted by Crippen LogP contribution is 2.34. The average molecular weight is 385 g/mol. The topological polar surface area (TPSA) is 103 Å². The number of rotatable bonds is 7. The van der Waals surface area contributed by atoms with E-state index in [9.17, 15) is 20.1 Å². The summed E-state index contributed by atoms with van der Waals surface area (Å²) in [7, 11) is 0. The Morgan fingerprint density at radius 2 is 1.71 bits per heavy atom. The minimum Gasteiger partial charge on any atom is -0.507 e. The molecule has 0 atom stereocenters. The third-order valence-corrected chi connectivity index (χ3v) is 4.61. The number of hydrogen-bond acceptors (Lipinski definition) is 7. The van der Waals surface area contributed by atoms with E-state index in [1.807, 2.05) is 0 Å². The maximum Gasteiger partial charge on any atom is 0.197 e. The van der Waals surface area contributed by atoms with Crippen LogP contribution in [0.2, 0.25) is 0 Å². The van der Waals surface area contributed by atoms with Gasteiger partial charge >= 0.3 is 0 Å². The van der Waals surface area contributed by atoms with E-state index < -0.39 is 5.43 Å². The molecule has 0 saturated heterocycles. The molecule has 7 heteroatoms. The molecule has 0 radical (unpaired) electrons. The number of ether oxygens (including phenoxy) is 1. The van der Waals surface area contributed by atoms with Crippen LogP contribution in [0.1, 0.15) is 13.8 Å². The van der Waals surface area contributed by atoms with E-state index in [0.717, 1.165) is 19.6 Å². The lowest BCUT2D eigenvalue weighted by Crippen LogP contribution is -2.27. The van der Waals surface area contributed by atoms with Gasteiger partial charge in [-0.25, -0.2) is 0 Å². The van der Waals surface area contributed by atoms with Gasteiger partial charge in [-0.2, -0.15) is 0 Å². The van der Waals surface area contributed by atoms with Crippen molar-refractivity contribution in [3.63, 3.8) is 0 Å². The van der Waals surface area contributed by atoms with E-state index in [0.29, 0.717) is 17.9 Å². The molecule has 0 saturated carbocycles. The molecular weight excluding hydrogens is 362 g/mol. The van der Waals surface area contributed by atoms with Crippen molar-refractivity contribution in [1.82, 2.24) is 4.90 Å². The zero-order valence-corrected chi connectivity index (χ0v) is 15.8. The molecule has 0 aliphatic rings. The molecule has 1 heterocycles. The van der Waals surface area contributed by atoms with E-state index >= 15 is 0 Å². The van der Waals surface area contributed by atoms with Crippen molar-refractivity contribution in [3.05, 3.63) is 46.6 Å². The molecule has 7 nitrogen and oxygen atoms in total. The van der Waals surface area contributed by atoms with Crippen molar-refractivity contribution >= 4 is 11.0 Å². The largest absolute Gasteiger partial charge is 0.507 e. The molecule has 3 N–H and O–H groups in total. The fourth-order valence-corrected chi connectivity index (χ4v) is 2.98. The van der Waals surface area contributed by atoms with Gasteiger partial charge in [-0.3, -0.25) is 4.79 Å². The maximum atomic E-state index is 12.5. The van der Waals surface area contributed by atoms with Gasteiger partial charge in [0.2, 0.25) is 0 Å². The second-order valence-corrected chi connectivity index (χ2v) is 6.37. The van der Waals surface area contributed by atoms with Crippen molar-refractivity contribution in [3.8, 4) is 34.3 Å². The third kappa shape index (κ3) is 4.04. The van der Waals surface area contributed by atoms with Crippen LogP contribution in [-0.2, 0) is 0 Å². The van der Waals surface area contributed by atoms with Crippen molar-refractivity contribution in [2.75, 3.05) is 26.2 Å². The Bertz CT molecular complexity index is 1040. The molecule has 148 valence electrons. The number of phenols is 3. The molecule has 28 heavy (non-hydrogen) atoms. The van der Waals surface area contributed by atoms with Gasteiger partial charge in [-0.15, -0.1) is 0 Å². The second-order valence-electron chi connectivity index (χ2n) is 6.37. The average Bonchev–Trinajstić information content (AvgIpc) is 2.66. The van der Waals surface area contributed by atoms with Crippen LogP contribution in [0.3, 0.4) is 0 Å². The summed E-state index contributed by atoms with van der Waals surface area (Å²) in [4.78, 5) is 14.7. The fraction of sp³-hybridized carbons (Fsp3) is 0.286. The molecule has 2 aromatic carbocycles. The Balaban J connectivity index is 1.95. The first-order valence-corrected chi connectivity index (χ1v) is 9.11. The molecular formula is C21H23NO6. The van der Waals surface area contributed by atoms with Crippen LogP contribution in [0.25, 0.3) is 22.3 Å². The SMILES string of the molecule is CCN(CC)CCOc1cc(O)c2c(=O)cc(-c3ccc(O)c(O)c3)oc2c1. The molecule has 0 unspecified atom stereocenters. The van der Waals surface area contributed by atoms with E-state index in [1.54, 1.807) is 6.07 Å². The second kappa shape index (κ2) is 8.22. The Morgan fingerprint density at radius 1 is 0.964 bits per heavy atom. The first kappa shape index (κ1) is 19.6. The molecule has 0 aliphatic heterocycles. The lowest BCUT2D eigenvalue weighted by molar-refractivity contribution is 0.222. The Labute approximate surface area is 162 Å². The number of fused-ring (bicyclic) bond motifs is 1. The van der Waals surface area contributed by atoms with Gasteiger partial charge in [-0.1, -0.05) is 13.8 Å². The molecule has 0 aliphatic carbocycles. The summed E-state index contributed by atoms with van der Waals surface area (Å²) < 4.78 is 11.5. The number of aromatic hydroxyl groups is 3. The molecule has 1 aromatic heterocycles. The van der Waals surface area contributed by atoms with Gasteiger partial charge in [0.25, 0.3) is 0 Å². The first-order chi connectivity index (χ1) is 13.4. The minimum atomic E-state index is -0.420. The van der Waals surface area contributed by atoms with Crippen molar-refractivity contribution in [1.29, 1.82) is 0 Å². The number of nitrogens with zero attached hydrogens (tertiary/aromatic N) is 1. The van der Waals surface area contributed by atoms with Gasteiger partial charge in [0.15, 0.2) is 16.9 Å². The quantitative estimate of drug-likeness (QED) is 0.536. The number of benzene rings is 2. The van der Waals surface area contributed by atoms with Gasteiger partial charge in [0, 0.05) is 30.3 Å². The standard InChI is InChI=1S/C21H23NO6/c1-3-22(4-2)7-8-27-14-10-17(25)21-18(26)12-19(28-20(21)11-14)13-5-6-15(23)16(24)9-13/h5-6,9-12,23-25H,3-4,7-8H2,1-2H3. The summed E-state index contributed by atoms with van der Waals surface area (Å²) in [5.74, 6) is -0.215. The van der Waals surface area contributed by atoms with Crippen LogP contribution < -0.4 is 10.2 Å². The molecule has 0 fully saturated rings. The van der Waals surface area contributed by atoms with Crippen molar-refractivity contribution < 1.29 is 24.5 Å². The third-order valence-electron chi connectivity index (χ3n) is 4.61. The summed E-state index contributed by atoms with van der Waals surface area (Å²) >= 11 is 0. The zero-order valence-electron chi connectivity index (χ0n) is 15.8. The first-order valence-electron chi connectivity index (χ1n) is 9.11. The Morgan fingerprint density at radius 3 is 2.39 bits per heavy atom. The number of hydrogen-bond donors (Lipinski definition) is 3. The lowest BCUT2D eigenvalue weighted by atomic mass is 10.1. The summed E-state index contributed by atoms with van der Waals surface area (Å²) in [5.41, 5.74) is 0.172. The monoisotopic (exact) mass is 385 g/mol. The van der Waals surface area contributed by atoms with Gasteiger partial charge in [0.1, 0.15) is 34.8 Å². The maximum absolute atomic E-state index is 12.5. The van der Waals surface area contributed by atoms with E-state index in [-0.39, 0.29) is 34.0 Å². The van der Waals surface area contributed by atoms with Crippen LogP contribution in [0.15, 0.2) is 45.6 Å². The van der Waals surface area contributed by atoms with Crippen LogP contribution in [0.4, 0.5) is 0 Å². The molecule has 0 amide bonds. The molecule has 3 rings (SSSR count). The highest BCUT2D eigenvalue weighted by atomic mass is 16.5. The van der Waals surface area contributed by atoms with Gasteiger partial charge in [0.05, 0.1) is 0 Å². The van der Waals surface area contributed by atoms with Crippen LogP contribution in [0, 0.1) is 0 Å². The van der Waals surface area contributed by atoms with Crippen LogP contribution in [0.5, 0.6) is 23.0 Å². The van der Waals surface area contributed by atoms with Crippen molar-refractivity contribution in [2.45, 2.75) is 13.8 Å². The van der Waals surface area contributed by atoms with E-state index in [2.05, 4.69) is 18.7 Å². The lowest BCUT2D eigenvalue weighted by Gasteiger charge is -2.18. The predicted octanol–water partition coefficient (Wildman–Crippen LogP) is 3.30. The van der Waals surface area contributed by atoms with Gasteiger partial charge in [-0.05, 0) is 31.3 Å². The molecule has 3 aromatic rings. The highest BCUT2D eigenvalue weighted by Gasteiger charge is 2.14. The van der Waals surface area contributed by atoms with E-state index in [4.69, 9.17) is 9.15 Å². The fourth-order valence-electron chi connectivity index (χ4n) is 2.98. The normalized spacial score (nSPS) is 11.2. The minimum absolute atomic E-state index is 0.0582. The molecule has 0 bridgehead atoms. The summed E-state index contributed by atoms with van der Waals surface area (Å²) in [6, 6.07) is 8.30. The summed E-state index contributed by atoms with van der Waals surface area (Å²) in [5, 5.41) is 29.4. The number of phenolic OH excluding ortho intramolecular Hbond substituents is 3. The Kier molecular flexibility index (Phi) is 5.75. The smallest absolute Gasteiger partial charge is 0.197 e. The predicted molar refractivity (Wildman–Crippen MR) is 106 cm³/mol. The van der Waals surface area contributed by atoms with Crippen LogP contribution >= 0.6 is 0 Å². The van der Waals surface area contributed by atoms with Gasteiger partial charge < -0.3 is 29.4 Å². The highest BCUT2D eigenvalue weighted by molar-refractivity contribution is 5.86. The summed E-state index contributed by atoms with van der Waals surface area (Å²) in [6.45, 7) is 7.15. The Hall–Kier alpha value is -3.19. The van der Waals surface area contributed by atoms with E-state index in [1.165, 1.54) is 30.3 Å².